The zero-order valence-corrected chi connectivity index (χ0v) is 9.56. The lowest BCUT2D eigenvalue weighted by Crippen LogP contribution is -2.38. The molecule has 2 N–H and O–H groups in total. The Bertz CT molecular complexity index is 228. The first-order valence-electron chi connectivity index (χ1n) is 4.35. The standard InChI is InChI=1S/C7H18N2O4S/c1-7(2)6-8-14(10,11)9-13-5-4-12-3/h7-9H,4-6H2,1-3H3. The van der Waals surface area contributed by atoms with Gasteiger partial charge in [0.05, 0.1) is 13.2 Å². The molecule has 0 amide bonds. The Morgan fingerprint density at radius 2 is 1.93 bits per heavy atom. The molecule has 7 heteroatoms. The predicted octanol–water partition coefficient (Wildman–Crippen LogP) is -0.356. The molecule has 0 aromatic heterocycles. The average Bonchev–Trinajstić information content (AvgIpc) is 2.10. The van der Waals surface area contributed by atoms with Crippen molar-refractivity contribution in [1.29, 1.82) is 0 Å². The molecule has 0 aliphatic heterocycles. The lowest BCUT2D eigenvalue weighted by molar-refractivity contribution is 0.0432. The van der Waals surface area contributed by atoms with Gasteiger partial charge in [-0.05, 0) is 5.92 Å². The molecule has 0 saturated heterocycles. The molecule has 0 spiro atoms. The highest BCUT2D eigenvalue weighted by atomic mass is 32.2. The second-order valence-corrected chi connectivity index (χ2v) is 4.63. The number of hydrogen-bond acceptors (Lipinski definition) is 4. The molecule has 0 saturated carbocycles. The average molecular weight is 226 g/mol. The minimum absolute atomic E-state index is 0.180. The Kier molecular flexibility index (Phi) is 7.02. The van der Waals surface area contributed by atoms with Gasteiger partial charge in [0.15, 0.2) is 0 Å². The van der Waals surface area contributed by atoms with E-state index in [0.717, 1.165) is 0 Å². The molecule has 0 radical (unpaired) electrons. The second kappa shape index (κ2) is 7.13. The van der Waals surface area contributed by atoms with Gasteiger partial charge in [-0.2, -0.15) is 8.42 Å². The predicted molar refractivity (Wildman–Crippen MR) is 52.7 cm³/mol. The number of ether oxygens (including phenoxy) is 1. The largest absolute Gasteiger partial charge is 0.382 e. The van der Waals surface area contributed by atoms with Crippen molar-refractivity contribution in [2.24, 2.45) is 5.92 Å². The number of nitrogens with one attached hydrogen (secondary N) is 2. The van der Waals surface area contributed by atoms with E-state index in [2.05, 4.69) is 14.3 Å². The lowest BCUT2D eigenvalue weighted by atomic mass is 10.2. The zero-order chi connectivity index (χ0) is 11.0. The summed E-state index contributed by atoms with van der Waals surface area (Å²) in [7, 11) is -2.03. The summed E-state index contributed by atoms with van der Waals surface area (Å²) in [6.07, 6.45) is 0. The summed E-state index contributed by atoms with van der Waals surface area (Å²) in [5.74, 6) is 0.255. The minimum Gasteiger partial charge on any atom is -0.382 e. The van der Waals surface area contributed by atoms with Crippen molar-refractivity contribution in [3.8, 4) is 0 Å². The molecule has 86 valence electrons. The zero-order valence-electron chi connectivity index (χ0n) is 8.74. The maximum Gasteiger partial charge on any atom is 0.299 e. The van der Waals surface area contributed by atoms with Crippen molar-refractivity contribution in [2.75, 3.05) is 26.9 Å². The normalized spacial score (nSPS) is 12.3. The van der Waals surface area contributed by atoms with Crippen LogP contribution in [0.25, 0.3) is 0 Å². The summed E-state index contributed by atoms with van der Waals surface area (Å²) in [6, 6.07) is 0. The molecular formula is C7H18N2O4S. The van der Waals surface area contributed by atoms with E-state index in [9.17, 15) is 8.42 Å². The van der Waals surface area contributed by atoms with E-state index in [0.29, 0.717) is 13.2 Å². The van der Waals surface area contributed by atoms with Crippen LogP contribution in [-0.4, -0.2) is 35.3 Å². The second-order valence-electron chi connectivity index (χ2n) is 3.17. The fraction of sp³-hybridized carbons (Fsp3) is 1.00. The summed E-state index contributed by atoms with van der Waals surface area (Å²) < 4.78 is 29.2. The number of rotatable bonds is 8. The fourth-order valence-corrected chi connectivity index (χ4v) is 1.40. The van der Waals surface area contributed by atoms with E-state index in [1.807, 2.05) is 18.7 Å². The van der Waals surface area contributed by atoms with Gasteiger partial charge in [0.25, 0.3) is 10.2 Å². The molecule has 6 nitrogen and oxygen atoms in total. The van der Waals surface area contributed by atoms with Gasteiger partial charge >= 0.3 is 0 Å². The van der Waals surface area contributed by atoms with E-state index in [1.54, 1.807) is 0 Å². The number of hydrogen-bond donors (Lipinski definition) is 2. The molecule has 0 fully saturated rings. The lowest BCUT2D eigenvalue weighted by Gasteiger charge is -2.09. The first-order chi connectivity index (χ1) is 6.48. The van der Waals surface area contributed by atoms with Crippen LogP contribution in [0.3, 0.4) is 0 Å². The summed E-state index contributed by atoms with van der Waals surface area (Å²) in [6.45, 7) is 4.72. The van der Waals surface area contributed by atoms with E-state index >= 15 is 0 Å². The molecule has 0 atom stereocenters. The molecule has 0 aromatic carbocycles. The van der Waals surface area contributed by atoms with Crippen LogP contribution >= 0.6 is 0 Å². The monoisotopic (exact) mass is 226 g/mol. The van der Waals surface area contributed by atoms with Crippen LogP contribution in [-0.2, 0) is 19.8 Å². The van der Waals surface area contributed by atoms with E-state index < -0.39 is 10.2 Å². The first kappa shape index (κ1) is 13.8. The third-order valence-corrected chi connectivity index (χ3v) is 2.12. The fourth-order valence-electron chi connectivity index (χ4n) is 0.550. The highest BCUT2D eigenvalue weighted by molar-refractivity contribution is 7.87. The van der Waals surface area contributed by atoms with Crippen molar-refractivity contribution in [3.05, 3.63) is 0 Å². The Morgan fingerprint density at radius 3 is 2.43 bits per heavy atom. The molecule has 0 aliphatic carbocycles. The van der Waals surface area contributed by atoms with E-state index in [-0.39, 0.29) is 12.5 Å². The Labute approximate surface area is 85.1 Å². The summed E-state index contributed by atoms with van der Waals surface area (Å²) in [5, 5.41) is 0. The molecule has 0 aromatic rings. The SMILES string of the molecule is COCCONS(=O)(=O)NCC(C)C. The highest BCUT2D eigenvalue weighted by Gasteiger charge is 2.08. The van der Waals surface area contributed by atoms with Gasteiger partial charge in [-0.25, -0.2) is 4.72 Å². The van der Waals surface area contributed by atoms with Gasteiger partial charge in [0.1, 0.15) is 0 Å². The number of methoxy groups -OCH3 is 1. The smallest absolute Gasteiger partial charge is 0.299 e. The van der Waals surface area contributed by atoms with Crippen molar-refractivity contribution in [1.82, 2.24) is 9.61 Å². The van der Waals surface area contributed by atoms with E-state index in [4.69, 9.17) is 0 Å². The van der Waals surface area contributed by atoms with Crippen LogP contribution in [0.1, 0.15) is 13.8 Å². The van der Waals surface area contributed by atoms with Crippen LogP contribution in [0.15, 0.2) is 0 Å². The molecule has 0 rings (SSSR count). The van der Waals surface area contributed by atoms with Gasteiger partial charge in [-0.1, -0.05) is 18.7 Å². The third kappa shape index (κ3) is 8.39. The van der Waals surface area contributed by atoms with Gasteiger partial charge in [-0.15, -0.1) is 0 Å². The van der Waals surface area contributed by atoms with Gasteiger partial charge in [0.2, 0.25) is 0 Å². The van der Waals surface area contributed by atoms with Crippen LogP contribution in [0.5, 0.6) is 0 Å². The van der Waals surface area contributed by atoms with Gasteiger partial charge in [-0.3, -0.25) is 4.84 Å². The van der Waals surface area contributed by atoms with Crippen molar-refractivity contribution >= 4 is 10.2 Å². The molecule has 0 aliphatic rings. The van der Waals surface area contributed by atoms with Crippen LogP contribution < -0.4 is 9.61 Å². The maximum absolute atomic E-state index is 11.1. The van der Waals surface area contributed by atoms with Crippen molar-refractivity contribution in [3.63, 3.8) is 0 Å². The molecule has 14 heavy (non-hydrogen) atoms. The van der Waals surface area contributed by atoms with Crippen LogP contribution in [0.2, 0.25) is 0 Å². The van der Waals surface area contributed by atoms with Crippen molar-refractivity contribution in [2.45, 2.75) is 13.8 Å². The Balaban J connectivity index is 3.62. The molecular weight excluding hydrogens is 208 g/mol. The quantitative estimate of drug-likeness (QED) is 0.438. The summed E-state index contributed by atoms with van der Waals surface area (Å²) in [5.41, 5.74) is 0. The van der Waals surface area contributed by atoms with Crippen LogP contribution in [0.4, 0.5) is 0 Å². The molecule has 0 heterocycles. The van der Waals surface area contributed by atoms with Crippen LogP contribution in [0, 0.1) is 5.92 Å². The van der Waals surface area contributed by atoms with Gasteiger partial charge < -0.3 is 4.74 Å². The highest BCUT2D eigenvalue weighted by Crippen LogP contribution is 1.88. The van der Waals surface area contributed by atoms with Crippen molar-refractivity contribution < 1.29 is 18.0 Å². The first-order valence-corrected chi connectivity index (χ1v) is 5.83. The van der Waals surface area contributed by atoms with E-state index in [1.165, 1.54) is 7.11 Å². The topological polar surface area (TPSA) is 76.7 Å². The maximum atomic E-state index is 11.1. The van der Waals surface area contributed by atoms with Gasteiger partial charge in [0, 0.05) is 13.7 Å². The summed E-state index contributed by atoms with van der Waals surface area (Å²) >= 11 is 0. The molecule has 0 unspecified atom stereocenters. The minimum atomic E-state index is -3.53. The summed E-state index contributed by atoms with van der Waals surface area (Å²) in [4.78, 5) is 6.58. The molecule has 0 bridgehead atoms. The Morgan fingerprint density at radius 1 is 1.29 bits per heavy atom. The Hall–Kier alpha value is -0.210. The third-order valence-electron chi connectivity index (χ3n) is 1.24.